The third-order valence-electron chi connectivity index (χ3n) is 2.55. The fourth-order valence-corrected chi connectivity index (χ4v) is 2.26. The van der Waals surface area contributed by atoms with Crippen molar-refractivity contribution in [3.8, 4) is 5.69 Å². The van der Waals surface area contributed by atoms with E-state index in [2.05, 4.69) is 4.98 Å². The lowest BCUT2D eigenvalue weighted by Crippen LogP contribution is -2.07. The average molecular weight is 266 g/mol. The number of para-hydroxylation sites is 1. The summed E-state index contributed by atoms with van der Waals surface area (Å²) < 4.78 is 31.9. The Balaban J connectivity index is 2.09. The van der Waals surface area contributed by atoms with E-state index in [1.54, 1.807) is 6.20 Å². The number of hydrogen-bond donors (Lipinski definition) is 1. The molecule has 18 heavy (non-hydrogen) atoms. The van der Waals surface area contributed by atoms with Crippen molar-refractivity contribution in [3.05, 3.63) is 48.5 Å². The third-order valence-corrected chi connectivity index (χ3v) is 3.36. The Kier molecular flexibility index (Phi) is 3.78. The first-order chi connectivity index (χ1) is 8.56. The molecule has 0 aliphatic carbocycles. The standard InChI is InChI=1S/C12H14N2O3S/c15-18(16,17)10-4-7-12-13-8-9-14(12)11-5-2-1-3-6-11/h1-3,5-6,8-9H,4,7,10H2,(H,15,16,17). The van der Waals surface area contributed by atoms with Crippen LogP contribution >= 0.6 is 0 Å². The molecule has 1 N–H and O–H groups in total. The van der Waals surface area contributed by atoms with Crippen LogP contribution < -0.4 is 0 Å². The van der Waals surface area contributed by atoms with Crippen LogP contribution in [0.2, 0.25) is 0 Å². The van der Waals surface area contributed by atoms with E-state index in [1.807, 2.05) is 41.1 Å². The third kappa shape index (κ3) is 3.41. The first kappa shape index (κ1) is 12.8. The van der Waals surface area contributed by atoms with E-state index in [1.165, 1.54) is 0 Å². The molecule has 1 heterocycles. The number of benzene rings is 1. The first-order valence-corrected chi connectivity index (χ1v) is 7.20. The molecule has 0 saturated heterocycles. The van der Waals surface area contributed by atoms with Crippen LogP contribution in [-0.4, -0.2) is 28.3 Å². The molecule has 0 saturated carbocycles. The van der Waals surface area contributed by atoms with E-state index in [0.29, 0.717) is 12.8 Å². The van der Waals surface area contributed by atoms with Crippen LogP contribution in [0.3, 0.4) is 0 Å². The molecule has 5 nitrogen and oxygen atoms in total. The van der Waals surface area contributed by atoms with Gasteiger partial charge in [0.2, 0.25) is 0 Å². The fraction of sp³-hybridized carbons (Fsp3) is 0.250. The molecule has 0 bridgehead atoms. The SMILES string of the molecule is O=S(=O)(O)CCCc1nccn1-c1ccccc1. The second-order valence-electron chi connectivity index (χ2n) is 3.94. The molecule has 0 fully saturated rings. The summed E-state index contributed by atoms with van der Waals surface area (Å²) in [5.74, 6) is 0.541. The molecular formula is C12H14N2O3S. The summed E-state index contributed by atoms with van der Waals surface area (Å²) >= 11 is 0. The Hall–Kier alpha value is -1.66. The maximum absolute atomic E-state index is 10.6. The minimum absolute atomic E-state index is 0.241. The molecular weight excluding hydrogens is 252 g/mol. The minimum atomic E-state index is -3.89. The molecule has 6 heteroatoms. The first-order valence-electron chi connectivity index (χ1n) is 5.59. The van der Waals surface area contributed by atoms with Crippen LogP contribution in [0.5, 0.6) is 0 Å². The lowest BCUT2D eigenvalue weighted by Gasteiger charge is -2.07. The molecule has 2 aromatic rings. The molecule has 1 aromatic carbocycles. The molecule has 0 atom stereocenters. The van der Waals surface area contributed by atoms with Gasteiger partial charge in [-0.2, -0.15) is 8.42 Å². The summed E-state index contributed by atoms with van der Waals surface area (Å²) in [4.78, 5) is 4.20. The highest BCUT2D eigenvalue weighted by Gasteiger charge is 2.08. The van der Waals surface area contributed by atoms with Gasteiger partial charge in [0, 0.05) is 24.5 Å². The van der Waals surface area contributed by atoms with Gasteiger partial charge in [0.05, 0.1) is 5.75 Å². The maximum Gasteiger partial charge on any atom is 0.264 e. The predicted molar refractivity (Wildman–Crippen MR) is 68.3 cm³/mol. The Bertz CT molecular complexity index is 605. The van der Waals surface area contributed by atoms with Crippen molar-refractivity contribution in [3.63, 3.8) is 0 Å². The van der Waals surface area contributed by atoms with Gasteiger partial charge in [-0.15, -0.1) is 0 Å². The number of aromatic nitrogens is 2. The quantitative estimate of drug-likeness (QED) is 0.836. The van der Waals surface area contributed by atoms with Gasteiger partial charge in [0.25, 0.3) is 10.1 Å². The van der Waals surface area contributed by atoms with Gasteiger partial charge in [-0.1, -0.05) is 18.2 Å². The second kappa shape index (κ2) is 5.32. The zero-order chi connectivity index (χ0) is 13.0. The predicted octanol–water partition coefficient (Wildman–Crippen LogP) is 1.69. The van der Waals surface area contributed by atoms with Gasteiger partial charge in [-0.3, -0.25) is 4.55 Å². The monoisotopic (exact) mass is 266 g/mol. The average Bonchev–Trinajstić information content (AvgIpc) is 2.77. The van der Waals surface area contributed by atoms with Crippen LogP contribution in [0, 0.1) is 0 Å². The number of imidazole rings is 1. The van der Waals surface area contributed by atoms with Crippen molar-refractivity contribution in [2.24, 2.45) is 0 Å². The van der Waals surface area contributed by atoms with Crippen LogP contribution in [0.15, 0.2) is 42.7 Å². The summed E-state index contributed by atoms with van der Waals surface area (Å²) in [6.07, 6.45) is 4.36. The van der Waals surface area contributed by atoms with Gasteiger partial charge in [-0.05, 0) is 18.6 Å². The zero-order valence-electron chi connectivity index (χ0n) is 9.73. The summed E-state index contributed by atoms with van der Waals surface area (Å²) in [5.41, 5.74) is 0.983. The Morgan fingerprint density at radius 1 is 1.22 bits per heavy atom. The Morgan fingerprint density at radius 3 is 2.61 bits per heavy atom. The summed E-state index contributed by atoms with van der Waals surface area (Å²) in [6, 6.07) is 9.69. The van der Waals surface area contributed by atoms with E-state index in [4.69, 9.17) is 4.55 Å². The van der Waals surface area contributed by atoms with Crippen molar-refractivity contribution in [2.45, 2.75) is 12.8 Å². The topological polar surface area (TPSA) is 72.2 Å². The molecule has 96 valence electrons. The van der Waals surface area contributed by atoms with Gasteiger partial charge in [0.1, 0.15) is 5.82 Å². The van der Waals surface area contributed by atoms with Gasteiger partial charge >= 0.3 is 0 Å². The van der Waals surface area contributed by atoms with Crippen molar-refractivity contribution in [1.29, 1.82) is 0 Å². The van der Waals surface area contributed by atoms with E-state index in [9.17, 15) is 8.42 Å². The van der Waals surface area contributed by atoms with Crippen LogP contribution in [0.25, 0.3) is 5.69 Å². The molecule has 0 amide bonds. The number of hydrogen-bond acceptors (Lipinski definition) is 3. The zero-order valence-corrected chi connectivity index (χ0v) is 10.5. The van der Waals surface area contributed by atoms with E-state index in [-0.39, 0.29) is 5.75 Å². The van der Waals surface area contributed by atoms with Crippen molar-refractivity contribution in [1.82, 2.24) is 9.55 Å². The number of nitrogens with zero attached hydrogens (tertiary/aromatic N) is 2. The largest absolute Gasteiger partial charge is 0.304 e. The van der Waals surface area contributed by atoms with Crippen molar-refractivity contribution in [2.75, 3.05) is 5.75 Å². The smallest absolute Gasteiger partial charge is 0.264 e. The Labute approximate surface area is 106 Å². The normalized spacial score (nSPS) is 11.6. The van der Waals surface area contributed by atoms with E-state index in [0.717, 1.165) is 11.5 Å². The lowest BCUT2D eigenvalue weighted by molar-refractivity contribution is 0.481. The van der Waals surface area contributed by atoms with Crippen LogP contribution in [-0.2, 0) is 16.5 Å². The molecule has 2 rings (SSSR count). The van der Waals surface area contributed by atoms with Gasteiger partial charge in [-0.25, -0.2) is 4.98 Å². The highest BCUT2D eigenvalue weighted by Crippen LogP contribution is 2.11. The summed E-state index contributed by atoms with van der Waals surface area (Å²) in [6.45, 7) is 0. The van der Waals surface area contributed by atoms with E-state index >= 15 is 0 Å². The molecule has 1 aromatic heterocycles. The molecule has 0 aliphatic rings. The van der Waals surface area contributed by atoms with Crippen LogP contribution in [0.4, 0.5) is 0 Å². The van der Waals surface area contributed by atoms with E-state index < -0.39 is 10.1 Å². The Morgan fingerprint density at radius 2 is 1.94 bits per heavy atom. The molecule has 0 unspecified atom stereocenters. The number of aryl methyl sites for hydroxylation is 1. The molecule has 0 aliphatic heterocycles. The number of rotatable bonds is 5. The maximum atomic E-state index is 10.6. The fourth-order valence-electron chi connectivity index (χ4n) is 1.76. The minimum Gasteiger partial charge on any atom is -0.304 e. The highest BCUT2D eigenvalue weighted by molar-refractivity contribution is 7.85. The summed E-state index contributed by atoms with van der Waals surface area (Å²) in [5, 5.41) is 0. The highest BCUT2D eigenvalue weighted by atomic mass is 32.2. The molecule has 0 spiro atoms. The summed E-state index contributed by atoms with van der Waals surface area (Å²) in [7, 11) is -3.89. The van der Waals surface area contributed by atoms with Crippen molar-refractivity contribution >= 4 is 10.1 Å². The van der Waals surface area contributed by atoms with Gasteiger partial charge < -0.3 is 4.57 Å². The van der Waals surface area contributed by atoms with Crippen LogP contribution in [0.1, 0.15) is 12.2 Å². The lowest BCUT2D eigenvalue weighted by atomic mass is 10.3. The van der Waals surface area contributed by atoms with Gasteiger partial charge in [0.15, 0.2) is 0 Å². The second-order valence-corrected chi connectivity index (χ2v) is 5.51. The van der Waals surface area contributed by atoms with Crippen molar-refractivity contribution < 1.29 is 13.0 Å². The molecule has 0 radical (unpaired) electrons.